The molecule has 1 atom stereocenters. The Bertz CT molecular complexity index is 646. The van der Waals surface area contributed by atoms with Crippen molar-refractivity contribution in [3.05, 3.63) is 69.2 Å². The average Bonchev–Trinajstić information content (AvgIpc) is 2.50. The summed E-state index contributed by atoms with van der Waals surface area (Å²) in [7, 11) is 3.99. The maximum atomic E-state index is 12.3. The number of amides is 1. The summed E-state index contributed by atoms with van der Waals surface area (Å²) in [5, 5.41) is 3.41. The second kappa shape index (κ2) is 7.77. The van der Waals surface area contributed by atoms with Crippen molar-refractivity contribution in [2.45, 2.75) is 6.04 Å². The van der Waals surface area contributed by atoms with Gasteiger partial charge in [-0.05, 0) is 37.9 Å². The Hall–Kier alpha value is -1.36. The lowest BCUT2D eigenvalue weighted by Crippen LogP contribution is -2.34. The van der Waals surface area contributed by atoms with Gasteiger partial charge in [0, 0.05) is 11.0 Å². The van der Waals surface area contributed by atoms with E-state index in [2.05, 4.69) is 38.3 Å². The Kier molecular flexibility index (Phi) is 6.00. The molecule has 0 fully saturated rings. The van der Waals surface area contributed by atoms with Crippen molar-refractivity contribution in [1.82, 2.24) is 10.2 Å². The molecular weight excluding hydrogens is 364 g/mol. The van der Waals surface area contributed by atoms with Crippen molar-refractivity contribution < 1.29 is 4.79 Å². The highest BCUT2D eigenvalue weighted by atomic mass is 79.9. The first-order valence-corrected chi connectivity index (χ1v) is 8.10. The third-order valence-electron chi connectivity index (χ3n) is 3.44. The van der Waals surface area contributed by atoms with E-state index in [9.17, 15) is 4.79 Å². The summed E-state index contributed by atoms with van der Waals surface area (Å²) < 4.78 is 0.828. The van der Waals surface area contributed by atoms with Crippen LogP contribution in [-0.2, 0) is 0 Å². The lowest BCUT2D eigenvalue weighted by Gasteiger charge is -2.25. The molecule has 2 rings (SSSR count). The fourth-order valence-electron chi connectivity index (χ4n) is 2.23. The maximum Gasteiger partial charge on any atom is 0.252 e. The normalized spacial score (nSPS) is 12.2. The van der Waals surface area contributed by atoms with Gasteiger partial charge >= 0.3 is 0 Å². The van der Waals surface area contributed by atoms with Gasteiger partial charge in [0.1, 0.15) is 0 Å². The predicted molar refractivity (Wildman–Crippen MR) is 94.4 cm³/mol. The van der Waals surface area contributed by atoms with Crippen LogP contribution in [0.2, 0.25) is 5.02 Å². The molecule has 116 valence electrons. The SMILES string of the molecule is CN(C)[C@H](CNC(=O)c1cc(Br)ccc1Cl)c1ccccc1. The largest absolute Gasteiger partial charge is 0.350 e. The van der Waals surface area contributed by atoms with Gasteiger partial charge in [0.2, 0.25) is 0 Å². The summed E-state index contributed by atoms with van der Waals surface area (Å²) in [6, 6.07) is 15.5. The van der Waals surface area contributed by atoms with Gasteiger partial charge in [-0.1, -0.05) is 57.9 Å². The van der Waals surface area contributed by atoms with Gasteiger partial charge in [0.15, 0.2) is 0 Å². The van der Waals surface area contributed by atoms with Crippen LogP contribution < -0.4 is 5.32 Å². The molecule has 1 N–H and O–H groups in total. The molecular formula is C17H18BrClN2O. The minimum atomic E-state index is -0.172. The number of hydrogen-bond donors (Lipinski definition) is 1. The molecule has 22 heavy (non-hydrogen) atoms. The molecule has 0 radical (unpaired) electrons. The Balaban J connectivity index is 2.10. The number of nitrogens with one attached hydrogen (secondary N) is 1. The molecule has 0 saturated carbocycles. The molecule has 0 aliphatic heterocycles. The molecule has 0 spiro atoms. The summed E-state index contributed by atoms with van der Waals surface area (Å²) in [5.41, 5.74) is 1.63. The first kappa shape index (κ1) is 17.0. The highest BCUT2D eigenvalue weighted by molar-refractivity contribution is 9.10. The zero-order chi connectivity index (χ0) is 16.1. The van der Waals surface area contributed by atoms with Crippen molar-refractivity contribution in [2.24, 2.45) is 0 Å². The summed E-state index contributed by atoms with van der Waals surface area (Å²) >= 11 is 9.45. The van der Waals surface area contributed by atoms with Crippen LogP contribution >= 0.6 is 27.5 Å². The number of nitrogens with zero attached hydrogens (tertiary/aromatic N) is 1. The molecule has 0 bridgehead atoms. The topological polar surface area (TPSA) is 32.3 Å². The van der Waals surface area contributed by atoms with Crippen LogP contribution in [0.4, 0.5) is 0 Å². The van der Waals surface area contributed by atoms with E-state index in [1.807, 2.05) is 38.4 Å². The van der Waals surface area contributed by atoms with Crippen LogP contribution in [0.1, 0.15) is 22.0 Å². The molecule has 2 aromatic carbocycles. The summed E-state index contributed by atoms with van der Waals surface area (Å²) in [6.45, 7) is 0.513. The maximum absolute atomic E-state index is 12.3. The van der Waals surface area contributed by atoms with E-state index in [0.717, 1.165) is 10.0 Å². The van der Waals surface area contributed by atoms with Crippen molar-refractivity contribution in [1.29, 1.82) is 0 Å². The zero-order valence-corrected chi connectivity index (χ0v) is 14.9. The smallest absolute Gasteiger partial charge is 0.252 e. The molecule has 1 amide bonds. The van der Waals surface area contributed by atoms with Gasteiger partial charge in [-0.3, -0.25) is 4.79 Å². The zero-order valence-electron chi connectivity index (χ0n) is 12.5. The summed E-state index contributed by atoms with van der Waals surface area (Å²) in [4.78, 5) is 14.4. The Morgan fingerprint density at radius 1 is 1.23 bits per heavy atom. The van der Waals surface area contributed by atoms with Crippen LogP contribution in [0.3, 0.4) is 0 Å². The monoisotopic (exact) mass is 380 g/mol. The van der Waals surface area contributed by atoms with E-state index in [1.165, 1.54) is 0 Å². The molecule has 3 nitrogen and oxygen atoms in total. The van der Waals surface area contributed by atoms with E-state index in [0.29, 0.717) is 17.1 Å². The van der Waals surface area contributed by atoms with Crippen molar-refractivity contribution in [3.63, 3.8) is 0 Å². The molecule has 0 heterocycles. The van der Waals surface area contributed by atoms with Crippen LogP contribution in [0.15, 0.2) is 53.0 Å². The summed E-state index contributed by atoms with van der Waals surface area (Å²) in [5.74, 6) is -0.172. The molecule has 0 aliphatic carbocycles. The van der Waals surface area contributed by atoms with Crippen LogP contribution in [-0.4, -0.2) is 31.4 Å². The van der Waals surface area contributed by atoms with Crippen LogP contribution in [0.25, 0.3) is 0 Å². The van der Waals surface area contributed by atoms with E-state index in [1.54, 1.807) is 12.1 Å². The quantitative estimate of drug-likeness (QED) is 0.844. The third kappa shape index (κ3) is 4.32. The Morgan fingerprint density at radius 2 is 1.91 bits per heavy atom. The third-order valence-corrected chi connectivity index (χ3v) is 4.26. The molecule has 0 aromatic heterocycles. The fraction of sp³-hybridized carbons (Fsp3) is 0.235. The molecule has 2 aromatic rings. The van der Waals surface area contributed by atoms with Crippen molar-refractivity contribution in [2.75, 3.05) is 20.6 Å². The first-order chi connectivity index (χ1) is 10.5. The number of benzene rings is 2. The molecule has 0 saturated heterocycles. The highest BCUT2D eigenvalue weighted by Crippen LogP contribution is 2.22. The molecule has 5 heteroatoms. The lowest BCUT2D eigenvalue weighted by atomic mass is 10.1. The minimum absolute atomic E-state index is 0.107. The molecule has 0 unspecified atom stereocenters. The first-order valence-electron chi connectivity index (χ1n) is 6.93. The highest BCUT2D eigenvalue weighted by Gasteiger charge is 2.17. The molecule has 0 aliphatic rings. The van der Waals surface area contributed by atoms with E-state index in [-0.39, 0.29) is 11.9 Å². The number of hydrogen-bond acceptors (Lipinski definition) is 2. The minimum Gasteiger partial charge on any atom is -0.350 e. The van der Waals surface area contributed by atoms with Gasteiger partial charge in [0.05, 0.1) is 16.6 Å². The second-order valence-corrected chi connectivity index (χ2v) is 6.55. The van der Waals surface area contributed by atoms with E-state index < -0.39 is 0 Å². The number of halogens is 2. The Labute approximate surface area is 144 Å². The van der Waals surface area contributed by atoms with Crippen LogP contribution in [0.5, 0.6) is 0 Å². The Morgan fingerprint density at radius 3 is 2.55 bits per heavy atom. The number of carbonyl (C=O) groups is 1. The van der Waals surface area contributed by atoms with Crippen molar-refractivity contribution in [3.8, 4) is 0 Å². The second-order valence-electron chi connectivity index (χ2n) is 5.22. The summed E-state index contributed by atoms with van der Waals surface area (Å²) in [6.07, 6.45) is 0. The van der Waals surface area contributed by atoms with Crippen LogP contribution in [0, 0.1) is 0 Å². The number of carbonyl (C=O) groups excluding carboxylic acids is 1. The standard InChI is InChI=1S/C17H18BrClN2O/c1-21(2)16(12-6-4-3-5-7-12)11-20-17(22)14-10-13(18)8-9-15(14)19/h3-10,16H,11H2,1-2H3,(H,20,22)/t16-/m1/s1. The number of rotatable bonds is 5. The predicted octanol–water partition coefficient (Wildman–Crippen LogP) is 4.14. The van der Waals surface area contributed by atoms with Crippen molar-refractivity contribution >= 4 is 33.4 Å². The van der Waals surface area contributed by atoms with Gasteiger partial charge in [-0.25, -0.2) is 0 Å². The number of likely N-dealkylation sites (N-methyl/N-ethyl adjacent to an activating group) is 1. The van der Waals surface area contributed by atoms with Gasteiger partial charge in [0.25, 0.3) is 5.91 Å². The average molecular weight is 382 g/mol. The van der Waals surface area contributed by atoms with E-state index >= 15 is 0 Å². The van der Waals surface area contributed by atoms with Gasteiger partial charge in [-0.2, -0.15) is 0 Å². The fourth-order valence-corrected chi connectivity index (χ4v) is 2.79. The lowest BCUT2D eigenvalue weighted by molar-refractivity contribution is 0.0942. The van der Waals surface area contributed by atoms with Gasteiger partial charge in [-0.15, -0.1) is 0 Å². The van der Waals surface area contributed by atoms with Gasteiger partial charge < -0.3 is 10.2 Å². The van der Waals surface area contributed by atoms with E-state index in [4.69, 9.17) is 11.6 Å².